The van der Waals surface area contributed by atoms with Crippen LogP contribution in [0.3, 0.4) is 0 Å². The molecule has 7 heteroatoms. The van der Waals surface area contributed by atoms with Crippen molar-refractivity contribution in [1.82, 2.24) is 4.72 Å². The van der Waals surface area contributed by atoms with Gasteiger partial charge in [0.05, 0.1) is 11.5 Å². The molecule has 4 nitrogen and oxygen atoms in total. The molecule has 0 spiro atoms. The number of rotatable bonds is 7. The molecule has 0 radical (unpaired) electrons. The van der Waals surface area contributed by atoms with Gasteiger partial charge in [-0.05, 0) is 46.3 Å². The van der Waals surface area contributed by atoms with Gasteiger partial charge in [0.15, 0.2) is 0 Å². The molecule has 0 heterocycles. The predicted octanol–water partition coefficient (Wildman–Crippen LogP) is 2.36. The fraction of sp³-hybridized carbons (Fsp3) is 0.500. The van der Waals surface area contributed by atoms with Gasteiger partial charge >= 0.3 is 0 Å². The zero-order valence-corrected chi connectivity index (χ0v) is 14.1. The molecule has 2 N–H and O–H groups in total. The second kappa shape index (κ2) is 7.64. The number of thioether (sulfide) groups is 1. The van der Waals surface area contributed by atoms with Crippen molar-refractivity contribution in [3.05, 3.63) is 28.2 Å². The first-order chi connectivity index (χ1) is 8.90. The Morgan fingerprint density at radius 3 is 2.68 bits per heavy atom. The molecule has 0 saturated carbocycles. The van der Waals surface area contributed by atoms with Crippen LogP contribution in [-0.2, 0) is 16.6 Å². The molecule has 108 valence electrons. The molecule has 1 aromatic carbocycles. The standard InChI is InChI=1S/C12H18BrNO3S2/c1-3-18-8-9(2)14-19(16,17)12-5-4-10(7-15)6-11(12)13/h4-6,9,14-15H,3,7-8H2,1-2H3. The van der Waals surface area contributed by atoms with Crippen molar-refractivity contribution in [1.29, 1.82) is 0 Å². The number of nitrogens with one attached hydrogen (secondary N) is 1. The van der Waals surface area contributed by atoms with Gasteiger partial charge in [0.25, 0.3) is 0 Å². The van der Waals surface area contributed by atoms with Crippen molar-refractivity contribution in [2.45, 2.75) is 31.4 Å². The van der Waals surface area contributed by atoms with Gasteiger partial charge in [0, 0.05) is 16.3 Å². The van der Waals surface area contributed by atoms with E-state index in [4.69, 9.17) is 5.11 Å². The molecule has 1 aromatic rings. The maximum atomic E-state index is 12.2. The summed E-state index contributed by atoms with van der Waals surface area (Å²) in [5.41, 5.74) is 0.667. The Bertz CT molecular complexity index is 520. The highest BCUT2D eigenvalue weighted by molar-refractivity contribution is 9.10. The molecule has 1 rings (SSSR count). The zero-order chi connectivity index (χ0) is 14.5. The Morgan fingerprint density at radius 1 is 1.47 bits per heavy atom. The van der Waals surface area contributed by atoms with Crippen LogP contribution in [0.15, 0.2) is 27.6 Å². The van der Waals surface area contributed by atoms with Gasteiger partial charge in [0.2, 0.25) is 10.0 Å². The molecule has 0 amide bonds. The van der Waals surface area contributed by atoms with Crippen molar-refractivity contribution in [3.63, 3.8) is 0 Å². The van der Waals surface area contributed by atoms with E-state index in [-0.39, 0.29) is 17.5 Å². The SMILES string of the molecule is CCSCC(C)NS(=O)(=O)c1ccc(CO)cc1Br. The van der Waals surface area contributed by atoms with Gasteiger partial charge in [-0.3, -0.25) is 0 Å². The smallest absolute Gasteiger partial charge is 0.241 e. The Kier molecular flexibility index (Phi) is 6.82. The molecular weight excluding hydrogens is 350 g/mol. The van der Waals surface area contributed by atoms with Gasteiger partial charge in [-0.2, -0.15) is 11.8 Å². The number of aliphatic hydroxyl groups is 1. The maximum absolute atomic E-state index is 12.2. The summed E-state index contributed by atoms with van der Waals surface area (Å²) in [5, 5.41) is 9.01. The molecule has 19 heavy (non-hydrogen) atoms. The largest absolute Gasteiger partial charge is 0.392 e. The quantitative estimate of drug-likeness (QED) is 0.776. The summed E-state index contributed by atoms with van der Waals surface area (Å²) in [4.78, 5) is 0.193. The number of sulfonamides is 1. The van der Waals surface area contributed by atoms with E-state index >= 15 is 0 Å². The molecule has 0 aromatic heterocycles. The highest BCUT2D eigenvalue weighted by Gasteiger charge is 2.20. The summed E-state index contributed by atoms with van der Waals surface area (Å²) < 4.78 is 27.5. The van der Waals surface area contributed by atoms with E-state index in [1.807, 2.05) is 13.8 Å². The minimum atomic E-state index is -3.54. The van der Waals surface area contributed by atoms with E-state index in [1.165, 1.54) is 6.07 Å². The Morgan fingerprint density at radius 2 is 2.16 bits per heavy atom. The Balaban J connectivity index is 2.88. The lowest BCUT2D eigenvalue weighted by Crippen LogP contribution is -2.34. The molecule has 0 aliphatic carbocycles. The van der Waals surface area contributed by atoms with Crippen molar-refractivity contribution in [2.75, 3.05) is 11.5 Å². The van der Waals surface area contributed by atoms with Crippen LogP contribution >= 0.6 is 27.7 Å². The molecule has 0 aliphatic heterocycles. The second-order valence-electron chi connectivity index (χ2n) is 4.10. The van der Waals surface area contributed by atoms with Crippen molar-refractivity contribution < 1.29 is 13.5 Å². The average Bonchev–Trinajstić information content (AvgIpc) is 2.35. The van der Waals surface area contributed by atoms with Crippen LogP contribution < -0.4 is 4.72 Å². The summed E-state index contributed by atoms with van der Waals surface area (Å²) in [6.07, 6.45) is 0. The van der Waals surface area contributed by atoms with E-state index in [9.17, 15) is 8.42 Å². The summed E-state index contributed by atoms with van der Waals surface area (Å²) in [6, 6.07) is 4.59. The summed E-state index contributed by atoms with van der Waals surface area (Å²) in [5.74, 6) is 1.70. The second-order valence-corrected chi connectivity index (χ2v) is 7.96. The minimum absolute atomic E-state index is 0.115. The van der Waals surface area contributed by atoms with Gasteiger partial charge < -0.3 is 5.11 Å². The first-order valence-corrected chi connectivity index (χ1v) is 9.33. The monoisotopic (exact) mass is 367 g/mol. The Labute approximate surface area is 127 Å². The average molecular weight is 368 g/mol. The van der Waals surface area contributed by atoms with Crippen LogP contribution in [0.25, 0.3) is 0 Å². The Hall–Kier alpha value is -0.0800. The minimum Gasteiger partial charge on any atom is -0.392 e. The highest BCUT2D eigenvalue weighted by Crippen LogP contribution is 2.23. The summed E-state index contributed by atoms with van der Waals surface area (Å²) >= 11 is 4.92. The fourth-order valence-electron chi connectivity index (χ4n) is 1.52. The van der Waals surface area contributed by atoms with Crippen molar-refractivity contribution in [2.24, 2.45) is 0 Å². The molecule has 0 aliphatic rings. The van der Waals surface area contributed by atoms with Gasteiger partial charge in [-0.25, -0.2) is 13.1 Å². The highest BCUT2D eigenvalue weighted by atomic mass is 79.9. The summed E-state index contributed by atoms with van der Waals surface area (Å²) in [7, 11) is -3.54. The number of halogens is 1. The predicted molar refractivity (Wildman–Crippen MR) is 82.8 cm³/mol. The van der Waals surface area contributed by atoms with Crippen LogP contribution in [0.2, 0.25) is 0 Å². The lowest BCUT2D eigenvalue weighted by molar-refractivity contribution is 0.281. The fourth-order valence-corrected chi connectivity index (χ4v) is 4.66. The van der Waals surface area contributed by atoms with E-state index in [0.717, 1.165) is 11.5 Å². The van der Waals surface area contributed by atoms with Crippen LogP contribution in [-0.4, -0.2) is 31.1 Å². The van der Waals surface area contributed by atoms with E-state index in [2.05, 4.69) is 20.7 Å². The number of hydrogen-bond acceptors (Lipinski definition) is 4. The van der Waals surface area contributed by atoms with Crippen molar-refractivity contribution in [3.8, 4) is 0 Å². The summed E-state index contributed by atoms with van der Waals surface area (Å²) in [6.45, 7) is 3.77. The number of hydrogen-bond donors (Lipinski definition) is 2. The van der Waals surface area contributed by atoms with E-state index < -0.39 is 10.0 Å². The van der Waals surface area contributed by atoms with Crippen molar-refractivity contribution >= 4 is 37.7 Å². The zero-order valence-electron chi connectivity index (χ0n) is 10.9. The molecule has 0 fully saturated rings. The third kappa shape index (κ3) is 5.07. The van der Waals surface area contributed by atoms with E-state index in [0.29, 0.717) is 10.0 Å². The molecule has 0 saturated heterocycles. The first-order valence-electron chi connectivity index (χ1n) is 5.90. The van der Waals surface area contributed by atoms with E-state index in [1.54, 1.807) is 23.9 Å². The third-order valence-electron chi connectivity index (χ3n) is 2.40. The molecule has 0 bridgehead atoms. The molecule has 1 atom stereocenters. The lowest BCUT2D eigenvalue weighted by atomic mass is 10.2. The number of aliphatic hydroxyl groups excluding tert-OH is 1. The topological polar surface area (TPSA) is 66.4 Å². The van der Waals surface area contributed by atoms with Crippen LogP contribution in [0, 0.1) is 0 Å². The molecule has 1 unspecified atom stereocenters. The van der Waals surface area contributed by atoms with Crippen LogP contribution in [0.1, 0.15) is 19.4 Å². The normalized spacial score (nSPS) is 13.5. The van der Waals surface area contributed by atoms with Crippen LogP contribution in [0.4, 0.5) is 0 Å². The number of benzene rings is 1. The first kappa shape index (κ1) is 17.0. The van der Waals surface area contributed by atoms with Gasteiger partial charge in [-0.15, -0.1) is 0 Å². The van der Waals surface area contributed by atoms with Gasteiger partial charge in [0.1, 0.15) is 0 Å². The van der Waals surface area contributed by atoms with Crippen LogP contribution in [0.5, 0.6) is 0 Å². The maximum Gasteiger partial charge on any atom is 0.241 e. The lowest BCUT2D eigenvalue weighted by Gasteiger charge is -2.14. The third-order valence-corrected chi connectivity index (χ3v) is 6.11. The van der Waals surface area contributed by atoms with Gasteiger partial charge in [-0.1, -0.05) is 13.0 Å². The molecular formula is C12H18BrNO3S2.